The minimum absolute atomic E-state index is 0.112. The van der Waals surface area contributed by atoms with E-state index in [4.69, 9.17) is 4.74 Å². The molecule has 0 spiro atoms. The van der Waals surface area contributed by atoms with Gasteiger partial charge in [-0.25, -0.2) is 4.79 Å². The molecule has 0 heterocycles. The van der Waals surface area contributed by atoms with Crippen LogP contribution in [-0.2, 0) is 19.1 Å². The monoisotopic (exact) mass is 256 g/mol. The summed E-state index contributed by atoms with van der Waals surface area (Å²) >= 11 is 0. The van der Waals surface area contributed by atoms with Crippen molar-refractivity contribution < 1.29 is 32.2 Å². The predicted molar refractivity (Wildman–Crippen MR) is 52.0 cm³/mol. The molecule has 0 rings (SSSR count). The number of carbonyl (C=O) groups excluding carboxylic acids is 2. The molecule has 0 saturated heterocycles. The average Bonchev–Trinajstić information content (AvgIpc) is 2.20. The van der Waals surface area contributed by atoms with E-state index in [0.717, 1.165) is 0 Å². The van der Waals surface area contributed by atoms with Gasteiger partial charge in [-0.15, -0.1) is 0 Å². The van der Waals surface area contributed by atoms with Crippen molar-refractivity contribution in [3.05, 3.63) is 0 Å². The van der Waals surface area contributed by atoms with E-state index < -0.39 is 12.1 Å². The van der Waals surface area contributed by atoms with Crippen LogP contribution in [0.4, 0.5) is 13.2 Å². The fourth-order valence-electron chi connectivity index (χ4n) is 0.790. The minimum atomic E-state index is -4.95. The van der Waals surface area contributed by atoms with Crippen molar-refractivity contribution >= 4 is 11.9 Å². The minimum Gasteiger partial charge on any atom is -0.465 e. The van der Waals surface area contributed by atoms with Crippen molar-refractivity contribution in [3.8, 4) is 0 Å². The molecule has 0 aliphatic carbocycles. The fourth-order valence-corrected chi connectivity index (χ4v) is 0.790. The van der Waals surface area contributed by atoms with E-state index in [1.807, 2.05) is 0 Å². The Bertz CT molecular complexity index is 261. The Balaban J connectivity index is 3.48. The van der Waals surface area contributed by atoms with Gasteiger partial charge in [0.1, 0.15) is 0 Å². The van der Waals surface area contributed by atoms with Gasteiger partial charge < -0.3 is 9.47 Å². The Hall–Kier alpha value is -1.27. The molecule has 0 aliphatic heterocycles. The van der Waals surface area contributed by atoms with Crippen molar-refractivity contribution in [2.45, 2.75) is 32.9 Å². The Labute approximate surface area is 97.1 Å². The lowest BCUT2D eigenvalue weighted by Gasteiger charge is -2.08. The highest BCUT2D eigenvalue weighted by molar-refractivity contribution is 5.75. The van der Waals surface area contributed by atoms with E-state index in [0.29, 0.717) is 6.42 Å². The zero-order valence-electron chi connectivity index (χ0n) is 9.67. The standard InChI is InChI=1S/C10H15F3O4/c1-7(2)8(14)16-5-3-4-6-17-9(15)10(11,12)13/h7H,3-6H2,1-2H3. The number of carbonyl (C=O) groups is 2. The van der Waals surface area contributed by atoms with Gasteiger partial charge in [0.25, 0.3) is 0 Å². The molecular formula is C10H15F3O4. The highest BCUT2D eigenvalue weighted by atomic mass is 19.4. The number of ether oxygens (including phenoxy) is 2. The molecule has 17 heavy (non-hydrogen) atoms. The number of halogens is 3. The summed E-state index contributed by atoms with van der Waals surface area (Å²) in [5.74, 6) is -2.80. The molecule has 4 nitrogen and oxygen atoms in total. The van der Waals surface area contributed by atoms with Crippen LogP contribution in [0.1, 0.15) is 26.7 Å². The average molecular weight is 256 g/mol. The zero-order valence-corrected chi connectivity index (χ0v) is 9.67. The predicted octanol–water partition coefficient (Wildman–Crippen LogP) is 2.07. The molecular weight excluding hydrogens is 241 g/mol. The molecule has 0 atom stereocenters. The summed E-state index contributed by atoms with van der Waals surface area (Å²) in [6.45, 7) is 3.12. The summed E-state index contributed by atoms with van der Waals surface area (Å²) in [6, 6.07) is 0. The lowest BCUT2D eigenvalue weighted by atomic mass is 10.2. The SMILES string of the molecule is CC(C)C(=O)OCCCCOC(=O)C(F)(F)F. The van der Waals surface area contributed by atoms with Crippen molar-refractivity contribution in [2.24, 2.45) is 5.92 Å². The molecule has 100 valence electrons. The Morgan fingerprint density at radius 1 is 1.06 bits per heavy atom. The summed E-state index contributed by atoms with van der Waals surface area (Å²) in [5, 5.41) is 0. The van der Waals surface area contributed by atoms with Crippen LogP contribution in [-0.4, -0.2) is 31.3 Å². The molecule has 0 radical (unpaired) electrons. The van der Waals surface area contributed by atoms with Crippen LogP contribution < -0.4 is 0 Å². The van der Waals surface area contributed by atoms with E-state index in [1.54, 1.807) is 13.8 Å². The molecule has 0 aromatic carbocycles. The van der Waals surface area contributed by atoms with Crippen molar-refractivity contribution in [1.82, 2.24) is 0 Å². The third-order valence-electron chi connectivity index (χ3n) is 1.72. The van der Waals surface area contributed by atoms with Crippen LogP contribution in [0.5, 0.6) is 0 Å². The summed E-state index contributed by atoms with van der Waals surface area (Å²) in [6.07, 6.45) is -4.39. The largest absolute Gasteiger partial charge is 0.490 e. The van der Waals surface area contributed by atoms with Crippen LogP contribution in [0, 0.1) is 5.92 Å². The number of rotatable bonds is 6. The number of esters is 2. The quantitative estimate of drug-likeness (QED) is 0.539. The number of hydrogen-bond acceptors (Lipinski definition) is 4. The molecule has 0 aromatic heterocycles. The van der Waals surface area contributed by atoms with E-state index in [9.17, 15) is 22.8 Å². The molecule has 0 aromatic rings. The van der Waals surface area contributed by atoms with Crippen LogP contribution in [0.15, 0.2) is 0 Å². The smallest absolute Gasteiger partial charge is 0.465 e. The van der Waals surface area contributed by atoms with Crippen LogP contribution in [0.2, 0.25) is 0 Å². The van der Waals surface area contributed by atoms with Gasteiger partial charge in [0, 0.05) is 0 Å². The van der Waals surface area contributed by atoms with Gasteiger partial charge >= 0.3 is 18.1 Å². The normalized spacial score (nSPS) is 11.4. The lowest BCUT2D eigenvalue weighted by molar-refractivity contribution is -0.199. The molecule has 0 amide bonds. The van der Waals surface area contributed by atoms with Gasteiger partial charge in [-0.05, 0) is 12.8 Å². The first-order valence-electron chi connectivity index (χ1n) is 5.15. The Morgan fingerprint density at radius 2 is 1.53 bits per heavy atom. The zero-order chi connectivity index (χ0) is 13.5. The summed E-state index contributed by atoms with van der Waals surface area (Å²) < 4.78 is 43.8. The van der Waals surface area contributed by atoms with Crippen LogP contribution >= 0.6 is 0 Å². The summed E-state index contributed by atoms with van der Waals surface area (Å²) in [7, 11) is 0. The first kappa shape index (κ1) is 15.7. The highest BCUT2D eigenvalue weighted by Gasteiger charge is 2.40. The molecule has 0 bridgehead atoms. The van der Waals surface area contributed by atoms with Crippen LogP contribution in [0.25, 0.3) is 0 Å². The molecule has 7 heteroatoms. The summed E-state index contributed by atoms with van der Waals surface area (Å²) in [5.41, 5.74) is 0. The Kier molecular flexibility index (Phi) is 6.60. The molecule has 0 saturated carbocycles. The van der Waals surface area contributed by atoms with Gasteiger partial charge in [-0.1, -0.05) is 13.8 Å². The third-order valence-corrected chi connectivity index (χ3v) is 1.72. The first-order valence-corrected chi connectivity index (χ1v) is 5.15. The Morgan fingerprint density at radius 3 is 1.94 bits per heavy atom. The maximum absolute atomic E-state index is 11.7. The topological polar surface area (TPSA) is 52.6 Å². The van der Waals surface area contributed by atoms with Crippen molar-refractivity contribution in [2.75, 3.05) is 13.2 Å². The van der Waals surface area contributed by atoms with Crippen molar-refractivity contribution in [3.63, 3.8) is 0 Å². The maximum Gasteiger partial charge on any atom is 0.490 e. The van der Waals surface area contributed by atoms with Gasteiger partial charge in [-0.3, -0.25) is 4.79 Å². The first-order chi connectivity index (χ1) is 7.75. The van der Waals surface area contributed by atoms with E-state index in [-0.39, 0.29) is 31.5 Å². The second-order valence-electron chi connectivity index (χ2n) is 3.66. The van der Waals surface area contributed by atoms with E-state index in [1.165, 1.54) is 0 Å². The number of hydrogen-bond donors (Lipinski definition) is 0. The number of unbranched alkanes of at least 4 members (excludes halogenated alkanes) is 1. The van der Waals surface area contributed by atoms with Gasteiger partial charge in [0.15, 0.2) is 0 Å². The van der Waals surface area contributed by atoms with Gasteiger partial charge in [0.2, 0.25) is 0 Å². The number of alkyl halides is 3. The van der Waals surface area contributed by atoms with Gasteiger partial charge in [-0.2, -0.15) is 13.2 Å². The molecule has 0 fully saturated rings. The third kappa shape index (κ3) is 7.59. The molecule has 0 N–H and O–H groups in total. The van der Waals surface area contributed by atoms with Crippen molar-refractivity contribution in [1.29, 1.82) is 0 Å². The van der Waals surface area contributed by atoms with E-state index in [2.05, 4.69) is 4.74 Å². The lowest BCUT2D eigenvalue weighted by Crippen LogP contribution is -2.25. The maximum atomic E-state index is 11.7. The van der Waals surface area contributed by atoms with Gasteiger partial charge in [0.05, 0.1) is 19.1 Å². The summed E-state index contributed by atoms with van der Waals surface area (Å²) in [4.78, 5) is 21.2. The fraction of sp³-hybridized carbons (Fsp3) is 0.800. The second-order valence-corrected chi connectivity index (χ2v) is 3.66. The molecule has 0 unspecified atom stereocenters. The van der Waals surface area contributed by atoms with E-state index >= 15 is 0 Å². The second kappa shape index (κ2) is 7.13. The molecule has 0 aliphatic rings. The highest BCUT2D eigenvalue weighted by Crippen LogP contribution is 2.16. The van der Waals surface area contributed by atoms with Crippen LogP contribution in [0.3, 0.4) is 0 Å².